The van der Waals surface area contributed by atoms with E-state index in [1.54, 1.807) is 13.1 Å². The van der Waals surface area contributed by atoms with Gasteiger partial charge in [0.1, 0.15) is 12.2 Å². The molecule has 1 fully saturated rings. The first-order valence-electron chi connectivity index (χ1n) is 7.94. The lowest BCUT2D eigenvalue weighted by atomic mass is 10.0. The van der Waals surface area contributed by atoms with Crippen LogP contribution in [0.2, 0.25) is 18.1 Å². The van der Waals surface area contributed by atoms with Gasteiger partial charge in [0.25, 0.3) is 0 Å². The lowest BCUT2D eigenvalue weighted by Crippen LogP contribution is -2.61. The van der Waals surface area contributed by atoms with Gasteiger partial charge in [-0.05, 0) is 25.1 Å². The molecule has 1 aliphatic rings. The van der Waals surface area contributed by atoms with Gasteiger partial charge in [-0.1, -0.05) is 20.8 Å². The zero-order valence-electron chi connectivity index (χ0n) is 15.8. The van der Waals surface area contributed by atoms with E-state index in [4.69, 9.17) is 13.9 Å². The largest absolute Gasteiger partial charge is 0.523 e. The molecule has 0 radical (unpaired) electrons. The number of hydrogen-bond donors (Lipinski definition) is 0. The number of halogens is 4. The van der Waals surface area contributed by atoms with Gasteiger partial charge in [-0.3, -0.25) is 4.18 Å². The van der Waals surface area contributed by atoms with Crippen molar-refractivity contribution in [2.75, 3.05) is 7.11 Å². The topological polar surface area (TPSA) is 71.1 Å². The summed E-state index contributed by atoms with van der Waals surface area (Å²) in [6.45, 7) is 10.4. The maximum atomic E-state index is 14.8. The molecule has 1 saturated heterocycles. The quantitative estimate of drug-likeness (QED) is 0.291. The van der Waals surface area contributed by atoms with Crippen molar-refractivity contribution in [1.82, 2.24) is 0 Å². The third-order valence-electron chi connectivity index (χ3n) is 4.70. The van der Waals surface area contributed by atoms with E-state index in [0.717, 1.165) is 0 Å². The monoisotopic (exact) mass is 426 g/mol. The molecule has 1 aliphatic heterocycles. The molecule has 12 heteroatoms. The van der Waals surface area contributed by atoms with E-state index in [0.29, 0.717) is 0 Å². The zero-order chi connectivity index (χ0) is 20.7. The number of alkyl halides is 4. The Morgan fingerprint density at radius 2 is 1.58 bits per heavy atom. The Kier molecular flexibility index (Phi) is 6.97. The second kappa shape index (κ2) is 7.63. The van der Waals surface area contributed by atoms with Crippen molar-refractivity contribution in [3.63, 3.8) is 0 Å². The first kappa shape index (κ1) is 23.8. The lowest BCUT2D eigenvalue weighted by Gasteiger charge is -2.46. The second-order valence-electron chi connectivity index (χ2n) is 7.69. The van der Waals surface area contributed by atoms with Crippen LogP contribution in [0.25, 0.3) is 0 Å². The van der Waals surface area contributed by atoms with E-state index < -0.39 is 59.8 Å². The highest BCUT2D eigenvalue weighted by molar-refractivity contribution is 7.87. The van der Waals surface area contributed by atoms with E-state index in [2.05, 4.69) is 4.18 Å². The highest BCUT2D eigenvalue weighted by Gasteiger charge is 2.56. The van der Waals surface area contributed by atoms with Gasteiger partial charge in [0.05, 0.1) is 6.10 Å². The Hall–Kier alpha value is -0.273. The molecular weight excluding hydrogens is 400 g/mol. The van der Waals surface area contributed by atoms with Crippen LogP contribution in [0.3, 0.4) is 0 Å². The van der Waals surface area contributed by atoms with Crippen LogP contribution in [0.15, 0.2) is 0 Å². The Labute approximate surface area is 152 Å². The van der Waals surface area contributed by atoms with Crippen molar-refractivity contribution in [2.45, 2.75) is 82.1 Å². The molecule has 1 rings (SSSR count). The number of ether oxygens (including phenoxy) is 2. The molecule has 1 heterocycles. The first-order chi connectivity index (χ1) is 11.4. The van der Waals surface area contributed by atoms with Gasteiger partial charge in [0, 0.05) is 7.11 Å². The highest BCUT2D eigenvalue weighted by atomic mass is 32.2. The van der Waals surface area contributed by atoms with Crippen LogP contribution in [0, 0.1) is 0 Å². The van der Waals surface area contributed by atoms with Gasteiger partial charge in [-0.2, -0.15) is 21.6 Å². The van der Waals surface area contributed by atoms with Crippen LogP contribution >= 0.6 is 0 Å². The van der Waals surface area contributed by atoms with Crippen LogP contribution in [-0.2, 0) is 28.2 Å². The van der Waals surface area contributed by atoms with Crippen molar-refractivity contribution in [3.8, 4) is 0 Å². The van der Waals surface area contributed by atoms with Crippen LogP contribution in [0.4, 0.5) is 17.6 Å². The molecule has 0 aromatic heterocycles. The maximum Gasteiger partial charge on any atom is 0.523 e. The second-order valence-corrected chi connectivity index (χ2v) is 14.0. The number of hydrogen-bond acceptors (Lipinski definition) is 6. The Bertz CT molecular complexity index is 589. The van der Waals surface area contributed by atoms with Gasteiger partial charge in [-0.25, -0.2) is 4.39 Å². The van der Waals surface area contributed by atoms with Crippen molar-refractivity contribution >= 4 is 18.4 Å². The van der Waals surface area contributed by atoms with E-state index in [1.165, 1.54) is 14.0 Å². The highest BCUT2D eigenvalue weighted by Crippen LogP contribution is 2.41. The molecule has 26 heavy (non-hydrogen) atoms. The summed E-state index contributed by atoms with van der Waals surface area (Å²) in [4.78, 5) is 0. The van der Waals surface area contributed by atoms with E-state index in [9.17, 15) is 26.0 Å². The summed E-state index contributed by atoms with van der Waals surface area (Å²) in [5.74, 6) is 0. The summed E-state index contributed by atoms with van der Waals surface area (Å²) in [7, 11) is -7.46. The van der Waals surface area contributed by atoms with Gasteiger partial charge in [0.2, 0.25) is 0 Å². The van der Waals surface area contributed by atoms with Crippen LogP contribution in [0.5, 0.6) is 0 Å². The molecule has 156 valence electrons. The van der Waals surface area contributed by atoms with Crippen molar-refractivity contribution in [2.24, 2.45) is 0 Å². The third-order valence-corrected chi connectivity index (χ3v) is 10.2. The predicted molar refractivity (Wildman–Crippen MR) is 88.2 cm³/mol. The molecule has 5 atom stereocenters. The maximum absolute atomic E-state index is 14.8. The first-order valence-corrected chi connectivity index (χ1v) is 12.3. The van der Waals surface area contributed by atoms with Gasteiger partial charge >= 0.3 is 15.6 Å². The van der Waals surface area contributed by atoms with Gasteiger partial charge in [0.15, 0.2) is 20.8 Å². The Morgan fingerprint density at radius 3 is 1.96 bits per heavy atom. The van der Waals surface area contributed by atoms with Crippen molar-refractivity contribution in [3.05, 3.63) is 0 Å². The fraction of sp³-hybridized carbons (Fsp3) is 1.00. The summed E-state index contributed by atoms with van der Waals surface area (Å²) in [6, 6.07) is 0. The van der Waals surface area contributed by atoms with E-state index >= 15 is 0 Å². The average molecular weight is 427 g/mol. The standard InChI is InChI=1S/C14H26F4O6SSi/c1-8-10(23-25(19,20)14(16,17)18)11(9(15)12(21-5)22-8)24-26(6,7)13(2,3)4/h8-12H,1-7H3/t8-,9+,10+,11-,12+/m0/s1. The van der Waals surface area contributed by atoms with Crippen molar-refractivity contribution < 1.29 is 44.1 Å². The molecule has 0 aromatic rings. The van der Waals surface area contributed by atoms with E-state index in [-0.39, 0.29) is 0 Å². The molecule has 0 aromatic carbocycles. The van der Waals surface area contributed by atoms with Crippen LogP contribution in [-0.4, -0.2) is 60.1 Å². The molecule has 0 amide bonds. The number of rotatable bonds is 5. The molecule has 6 nitrogen and oxygen atoms in total. The smallest absolute Gasteiger partial charge is 0.408 e. The predicted octanol–water partition coefficient (Wildman–Crippen LogP) is 3.34. The summed E-state index contributed by atoms with van der Waals surface area (Å²) in [5, 5.41) is -0.399. The molecule has 0 aliphatic carbocycles. The summed E-state index contributed by atoms with van der Waals surface area (Å²) in [5.41, 5.74) is -5.64. The van der Waals surface area contributed by atoms with Crippen molar-refractivity contribution in [1.29, 1.82) is 0 Å². The molecular formula is C14H26F4O6SSi. The molecule has 0 spiro atoms. The fourth-order valence-corrected chi connectivity index (χ4v) is 4.10. The normalized spacial score (nSPS) is 31.9. The van der Waals surface area contributed by atoms with E-state index in [1.807, 2.05) is 20.8 Å². The fourth-order valence-electron chi connectivity index (χ4n) is 2.14. The minimum absolute atomic E-state index is 0.399. The molecule has 0 unspecified atom stereocenters. The Balaban J connectivity index is 3.26. The van der Waals surface area contributed by atoms with Crippen LogP contribution < -0.4 is 0 Å². The zero-order valence-corrected chi connectivity index (χ0v) is 17.6. The lowest BCUT2D eigenvalue weighted by molar-refractivity contribution is -0.263. The SMILES string of the molecule is CO[C@@H]1O[C@@H](C)[C@@H](OS(=O)(=O)C(F)(F)F)[C@@H](O[Si](C)(C)C(C)(C)C)[C@H]1F. The summed E-state index contributed by atoms with van der Waals surface area (Å²) < 4.78 is 96.0. The third kappa shape index (κ3) is 4.96. The summed E-state index contributed by atoms with van der Waals surface area (Å²) in [6.07, 6.45) is -8.05. The minimum Gasteiger partial charge on any atom is -0.408 e. The number of methoxy groups -OCH3 is 1. The molecule has 0 N–H and O–H groups in total. The summed E-state index contributed by atoms with van der Waals surface area (Å²) >= 11 is 0. The Morgan fingerprint density at radius 1 is 1.08 bits per heavy atom. The van der Waals surface area contributed by atoms with Gasteiger partial charge in [-0.15, -0.1) is 0 Å². The average Bonchev–Trinajstić information content (AvgIpc) is 2.43. The molecule has 0 bridgehead atoms. The van der Waals surface area contributed by atoms with Gasteiger partial charge < -0.3 is 13.9 Å². The van der Waals surface area contributed by atoms with Crippen LogP contribution in [0.1, 0.15) is 27.7 Å². The minimum atomic E-state index is -5.95. The molecule has 0 saturated carbocycles.